The molecule has 0 amide bonds. The molecular formula is C13H19BrFN. The zero-order valence-electron chi connectivity index (χ0n) is 9.89. The lowest BCUT2D eigenvalue weighted by Gasteiger charge is -2.28. The Balaban J connectivity index is 2.90. The number of benzene rings is 1. The molecule has 0 aliphatic carbocycles. The fourth-order valence-corrected chi connectivity index (χ4v) is 2.42. The first-order chi connectivity index (χ1) is 7.52. The van der Waals surface area contributed by atoms with Crippen LogP contribution in [0.4, 0.5) is 4.39 Å². The van der Waals surface area contributed by atoms with Gasteiger partial charge in [-0.1, -0.05) is 32.4 Å². The van der Waals surface area contributed by atoms with E-state index >= 15 is 0 Å². The first kappa shape index (κ1) is 13.7. The zero-order chi connectivity index (χ0) is 12.2. The molecule has 0 saturated carbocycles. The molecule has 16 heavy (non-hydrogen) atoms. The van der Waals surface area contributed by atoms with Gasteiger partial charge in [0.2, 0.25) is 0 Å². The maximum absolute atomic E-state index is 13.4. The average Bonchev–Trinajstić information content (AvgIpc) is 2.25. The van der Waals surface area contributed by atoms with Crippen LogP contribution in [0, 0.1) is 11.2 Å². The van der Waals surface area contributed by atoms with Crippen LogP contribution in [0.5, 0.6) is 0 Å². The molecule has 90 valence electrons. The quantitative estimate of drug-likeness (QED) is 0.873. The number of rotatable bonds is 5. The highest BCUT2D eigenvalue weighted by atomic mass is 79.9. The van der Waals surface area contributed by atoms with Gasteiger partial charge < -0.3 is 5.73 Å². The number of hydrogen-bond acceptors (Lipinski definition) is 1. The van der Waals surface area contributed by atoms with Crippen molar-refractivity contribution in [3.8, 4) is 0 Å². The van der Waals surface area contributed by atoms with Crippen LogP contribution in [0.25, 0.3) is 0 Å². The fourth-order valence-electron chi connectivity index (χ4n) is 2.01. The van der Waals surface area contributed by atoms with Crippen molar-refractivity contribution in [1.82, 2.24) is 0 Å². The molecule has 0 aliphatic rings. The van der Waals surface area contributed by atoms with Crippen LogP contribution in [0.2, 0.25) is 0 Å². The SMILES string of the molecule is CCCC(C)(CN)Cc1cccc(F)c1Br. The summed E-state index contributed by atoms with van der Waals surface area (Å²) in [4.78, 5) is 0. The van der Waals surface area contributed by atoms with Crippen molar-refractivity contribution in [3.63, 3.8) is 0 Å². The normalized spacial score (nSPS) is 14.8. The molecular weight excluding hydrogens is 269 g/mol. The van der Waals surface area contributed by atoms with Crippen LogP contribution >= 0.6 is 15.9 Å². The first-order valence-corrected chi connectivity index (χ1v) is 6.44. The van der Waals surface area contributed by atoms with Gasteiger partial charge in [0.15, 0.2) is 0 Å². The largest absolute Gasteiger partial charge is 0.330 e. The molecule has 1 aromatic carbocycles. The molecule has 0 fully saturated rings. The van der Waals surface area contributed by atoms with Crippen molar-refractivity contribution >= 4 is 15.9 Å². The molecule has 1 aromatic rings. The van der Waals surface area contributed by atoms with E-state index in [9.17, 15) is 4.39 Å². The smallest absolute Gasteiger partial charge is 0.137 e. The molecule has 0 aliphatic heterocycles. The van der Waals surface area contributed by atoms with E-state index in [1.807, 2.05) is 6.07 Å². The highest BCUT2D eigenvalue weighted by Gasteiger charge is 2.23. The Kier molecular flexibility index (Phi) is 4.93. The van der Waals surface area contributed by atoms with Gasteiger partial charge in [0.05, 0.1) is 4.47 Å². The van der Waals surface area contributed by atoms with E-state index in [2.05, 4.69) is 29.8 Å². The van der Waals surface area contributed by atoms with Crippen LogP contribution in [0.3, 0.4) is 0 Å². The van der Waals surface area contributed by atoms with Gasteiger partial charge in [0, 0.05) is 0 Å². The predicted molar refractivity (Wildman–Crippen MR) is 69.9 cm³/mol. The maximum atomic E-state index is 13.4. The first-order valence-electron chi connectivity index (χ1n) is 5.65. The third-order valence-electron chi connectivity index (χ3n) is 3.00. The van der Waals surface area contributed by atoms with Crippen LogP contribution in [0.15, 0.2) is 22.7 Å². The van der Waals surface area contributed by atoms with E-state index in [1.165, 1.54) is 6.07 Å². The lowest BCUT2D eigenvalue weighted by atomic mass is 9.80. The lowest BCUT2D eigenvalue weighted by molar-refractivity contribution is 0.302. The third kappa shape index (κ3) is 3.29. The van der Waals surface area contributed by atoms with Gasteiger partial charge in [-0.05, 0) is 52.4 Å². The van der Waals surface area contributed by atoms with Gasteiger partial charge >= 0.3 is 0 Å². The zero-order valence-corrected chi connectivity index (χ0v) is 11.5. The topological polar surface area (TPSA) is 26.0 Å². The standard InChI is InChI=1S/C13H19BrFN/c1-3-7-13(2,9-16)8-10-5-4-6-11(15)12(10)14/h4-6H,3,7-9,16H2,1-2H3. The van der Waals surface area contributed by atoms with Crippen molar-refractivity contribution in [1.29, 1.82) is 0 Å². The highest BCUT2D eigenvalue weighted by Crippen LogP contribution is 2.31. The van der Waals surface area contributed by atoms with Gasteiger partial charge in [0.25, 0.3) is 0 Å². The highest BCUT2D eigenvalue weighted by molar-refractivity contribution is 9.10. The molecule has 1 rings (SSSR count). The Morgan fingerprint density at radius 1 is 1.44 bits per heavy atom. The van der Waals surface area contributed by atoms with E-state index in [0.29, 0.717) is 11.0 Å². The van der Waals surface area contributed by atoms with E-state index in [4.69, 9.17) is 5.73 Å². The van der Waals surface area contributed by atoms with Gasteiger partial charge in [-0.2, -0.15) is 0 Å². The summed E-state index contributed by atoms with van der Waals surface area (Å²) < 4.78 is 13.9. The molecule has 3 heteroatoms. The molecule has 1 unspecified atom stereocenters. The summed E-state index contributed by atoms with van der Waals surface area (Å²) in [7, 11) is 0. The fraction of sp³-hybridized carbons (Fsp3) is 0.538. The Labute approximate surface area is 105 Å². The second-order valence-corrected chi connectivity index (χ2v) is 5.45. The summed E-state index contributed by atoms with van der Waals surface area (Å²) in [6.45, 7) is 4.94. The van der Waals surface area contributed by atoms with Gasteiger partial charge in [-0.15, -0.1) is 0 Å². The molecule has 0 aromatic heterocycles. The summed E-state index contributed by atoms with van der Waals surface area (Å²) in [6.07, 6.45) is 2.97. The predicted octanol–water partition coefficient (Wildman–Crippen LogP) is 3.90. The molecule has 0 saturated heterocycles. The second kappa shape index (κ2) is 5.78. The van der Waals surface area contributed by atoms with Crippen LogP contribution in [0.1, 0.15) is 32.3 Å². The molecule has 0 bridgehead atoms. The molecule has 0 heterocycles. The van der Waals surface area contributed by atoms with Gasteiger partial charge in [-0.3, -0.25) is 0 Å². The van der Waals surface area contributed by atoms with Crippen molar-refractivity contribution in [2.45, 2.75) is 33.1 Å². The summed E-state index contributed by atoms with van der Waals surface area (Å²) >= 11 is 3.30. The Morgan fingerprint density at radius 2 is 2.12 bits per heavy atom. The van der Waals surface area contributed by atoms with Crippen LogP contribution < -0.4 is 5.73 Å². The van der Waals surface area contributed by atoms with E-state index in [-0.39, 0.29) is 11.2 Å². The van der Waals surface area contributed by atoms with E-state index in [1.54, 1.807) is 6.07 Å². The van der Waals surface area contributed by atoms with Crippen LogP contribution in [-0.2, 0) is 6.42 Å². The van der Waals surface area contributed by atoms with Crippen molar-refractivity contribution in [2.24, 2.45) is 11.1 Å². The number of hydrogen-bond donors (Lipinski definition) is 1. The summed E-state index contributed by atoms with van der Waals surface area (Å²) in [5, 5.41) is 0. The minimum absolute atomic E-state index is 0.0606. The molecule has 1 atom stereocenters. The van der Waals surface area contributed by atoms with Crippen molar-refractivity contribution < 1.29 is 4.39 Å². The Morgan fingerprint density at radius 3 is 2.69 bits per heavy atom. The molecule has 2 N–H and O–H groups in total. The van der Waals surface area contributed by atoms with Crippen molar-refractivity contribution in [3.05, 3.63) is 34.1 Å². The van der Waals surface area contributed by atoms with E-state index < -0.39 is 0 Å². The van der Waals surface area contributed by atoms with Crippen molar-refractivity contribution in [2.75, 3.05) is 6.54 Å². The van der Waals surface area contributed by atoms with Crippen LogP contribution in [-0.4, -0.2) is 6.54 Å². The summed E-state index contributed by atoms with van der Waals surface area (Å²) in [5.74, 6) is -0.201. The summed E-state index contributed by atoms with van der Waals surface area (Å²) in [6, 6.07) is 5.17. The molecule has 1 nitrogen and oxygen atoms in total. The number of halogens is 2. The average molecular weight is 288 g/mol. The minimum Gasteiger partial charge on any atom is -0.330 e. The van der Waals surface area contributed by atoms with E-state index in [0.717, 1.165) is 24.8 Å². The maximum Gasteiger partial charge on any atom is 0.137 e. The second-order valence-electron chi connectivity index (χ2n) is 4.65. The Bertz CT molecular complexity index is 354. The molecule has 0 spiro atoms. The number of nitrogens with two attached hydrogens (primary N) is 1. The lowest BCUT2D eigenvalue weighted by Crippen LogP contribution is -2.29. The Hall–Kier alpha value is -0.410. The third-order valence-corrected chi connectivity index (χ3v) is 3.88. The summed E-state index contributed by atoms with van der Waals surface area (Å²) in [5.41, 5.74) is 6.88. The monoisotopic (exact) mass is 287 g/mol. The van der Waals surface area contributed by atoms with Gasteiger partial charge in [0.1, 0.15) is 5.82 Å². The molecule has 0 radical (unpaired) electrons. The minimum atomic E-state index is -0.201. The van der Waals surface area contributed by atoms with Gasteiger partial charge in [-0.25, -0.2) is 4.39 Å².